The second-order valence-electron chi connectivity index (χ2n) is 4.20. The number of hydrogen-bond acceptors (Lipinski definition) is 3. The number of carboxylic acid groups (broad SMARTS) is 1. The van der Waals surface area contributed by atoms with E-state index >= 15 is 0 Å². The first kappa shape index (κ1) is 16.1. The zero-order chi connectivity index (χ0) is 13.6. The van der Waals surface area contributed by atoms with Crippen molar-refractivity contribution in [3.05, 3.63) is 12.2 Å². The van der Waals surface area contributed by atoms with E-state index in [1.54, 1.807) is 0 Å². The van der Waals surface area contributed by atoms with Crippen molar-refractivity contribution in [2.75, 3.05) is 24.6 Å². The molecule has 0 aromatic carbocycles. The molecule has 5 heteroatoms. The predicted molar refractivity (Wildman–Crippen MR) is 72.0 cm³/mol. The molecule has 0 amide bonds. The Labute approximate surface area is 103 Å². The molecular weight excluding hydrogens is 239 g/mol. The number of aliphatic carboxylic acids is 1. The molecule has 0 aliphatic carbocycles. The molecule has 0 aromatic rings. The van der Waals surface area contributed by atoms with Crippen LogP contribution in [-0.4, -0.2) is 41.7 Å². The average molecular weight is 262 g/mol. The van der Waals surface area contributed by atoms with Gasteiger partial charge >= 0.3 is 102 Å². The summed E-state index contributed by atoms with van der Waals surface area (Å²) in [7, 11) is 0. The molecule has 0 heterocycles. The van der Waals surface area contributed by atoms with Gasteiger partial charge in [0, 0.05) is 0 Å². The van der Waals surface area contributed by atoms with E-state index in [2.05, 4.69) is 0 Å². The van der Waals surface area contributed by atoms with Gasteiger partial charge in [0.05, 0.1) is 0 Å². The van der Waals surface area contributed by atoms with E-state index in [0.29, 0.717) is 0 Å². The third kappa shape index (κ3) is 3.81. The van der Waals surface area contributed by atoms with Gasteiger partial charge < -0.3 is 0 Å². The first-order chi connectivity index (χ1) is 7.87. The second kappa shape index (κ2) is 6.15. The van der Waals surface area contributed by atoms with Gasteiger partial charge in [-0.1, -0.05) is 0 Å². The Morgan fingerprint density at radius 1 is 1.00 bits per heavy atom. The Hall–Kier alpha value is -0.890. The van der Waals surface area contributed by atoms with Crippen molar-refractivity contribution < 1.29 is 19.2 Å². The van der Waals surface area contributed by atoms with Gasteiger partial charge in [0.2, 0.25) is 0 Å². The van der Waals surface area contributed by atoms with Gasteiger partial charge in [0.1, 0.15) is 0 Å². The predicted octanol–water partition coefficient (Wildman–Crippen LogP) is 2.72. The molecule has 0 saturated carbocycles. The molecule has 0 bridgehead atoms. The van der Waals surface area contributed by atoms with Crippen molar-refractivity contribution >= 4 is 18.8 Å². The number of hydrogen-bond donors (Lipinski definition) is 1. The Morgan fingerprint density at radius 3 is 1.71 bits per heavy atom. The van der Waals surface area contributed by atoms with E-state index < -0.39 is 18.8 Å². The summed E-state index contributed by atoms with van der Waals surface area (Å²) in [5, 5.41) is 8.47. The zero-order valence-corrected chi connectivity index (χ0v) is 12.0. The molecule has 0 spiro atoms. The summed E-state index contributed by atoms with van der Waals surface area (Å²) >= 11 is 0. The van der Waals surface area contributed by atoms with Crippen molar-refractivity contribution in [3.63, 3.8) is 0 Å². The molecule has 0 aromatic heterocycles. The van der Waals surface area contributed by atoms with E-state index in [4.69, 9.17) is 9.63 Å². The van der Waals surface area contributed by atoms with E-state index in [-0.39, 0.29) is 0 Å². The van der Waals surface area contributed by atoms with Gasteiger partial charge in [0.15, 0.2) is 0 Å². The van der Waals surface area contributed by atoms with E-state index in [9.17, 15) is 9.59 Å². The van der Waals surface area contributed by atoms with Gasteiger partial charge in [-0.15, -0.1) is 0 Å². The standard InChI is InChI=1S/C12H23O4P/c1-5-17(6-2,7-3,8-4)16-12(15)10-9-11(13)14/h9-10H,5-8H2,1-4H3,(H,13,14)/b10-9-. The first-order valence-electron chi connectivity index (χ1n) is 6.02. The summed E-state index contributed by atoms with van der Waals surface area (Å²) in [6.07, 6.45) is 5.22. The molecule has 0 saturated heterocycles. The van der Waals surface area contributed by atoms with Crippen molar-refractivity contribution in [1.82, 2.24) is 0 Å². The Bertz CT molecular complexity index is 295. The minimum absolute atomic E-state index is 0.530. The van der Waals surface area contributed by atoms with Crippen LogP contribution >= 0.6 is 6.83 Å². The summed E-state index contributed by atoms with van der Waals surface area (Å²) in [6, 6.07) is 0. The Morgan fingerprint density at radius 2 is 1.41 bits per heavy atom. The molecule has 17 heavy (non-hydrogen) atoms. The summed E-state index contributed by atoms with van der Waals surface area (Å²) in [5.41, 5.74) is 0. The maximum atomic E-state index is 11.7. The van der Waals surface area contributed by atoms with Crippen molar-refractivity contribution in [1.29, 1.82) is 0 Å². The van der Waals surface area contributed by atoms with Crippen LogP contribution in [-0.2, 0) is 14.1 Å². The molecular formula is C12H23O4P. The van der Waals surface area contributed by atoms with Crippen LogP contribution in [0.5, 0.6) is 0 Å². The molecule has 1 N–H and O–H groups in total. The summed E-state index contributed by atoms with van der Waals surface area (Å²) in [4.78, 5) is 22.0. The maximum absolute atomic E-state index is 11.7. The number of rotatable bonds is 7. The zero-order valence-electron chi connectivity index (χ0n) is 11.1. The van der Waals surface area contributed by atoms with Crippen molar-refractivity contribution in [2.24, 2.45) is 0 Å². The molecule has 0 radical (unpaired) electrons. The van der Waals surface area contributed by atoms with Gasteiger partial charge in [-0.25, -0.2) is 0 Å². The van der Waals surface area contributed by atoms with Crippen LogP contribution in [0, 0.1) is 0 Å². The van der Waals surface area contributed by atoms with Crippen LogP contribution in [0.4, 0.5) is 0 Å². The normalized spacial score (nSPS) is 14.2. The third-order valence-electron chi connectivity index (χ3n) is 3.91. The van der Waals surface area contributed by atoms with Gasteiger partial charge in [-0.05, 0) is 0 Å². The van der Waals surface area contributed by atoms with Gasteiger partial charge in [0.25, 0.3) is 0 Å². The molecule has 100 valence electrons. The third-order valence-corrected chi connectivity index (χ3v) is 11.0. The monoisotopic (exact) mass is 262 g/mol. The molecule has 0 aliphatic heterocycles. The molecule has 0 aliphatic rings. The fourth-order valence-electron chi connectivity index (χ4n) is 2.02. The quantitative estimate of drug-likeness (QED) is 0.566. The SMILES string of the molecule is CCP(CC)(CC)(CC)OC(=O)/C=C\C(=O)O. The fraction of sp³-hybridized carbons (Fsp3) is 0.667. The van der Waals surface area contributed by atoms with Gasteiger partial charge in [-0.3, -0.25) is 0 Å². The summed E-state index contributed by atoms with van der Waals surface area (Å²) in [5.74, 6) is -1.67. The van der Waals surface area contributed by atoms with Crippen molar-refractivity contribution in [3.8, 4) is 0 Å². The van der Waals surface area contributed by atoms with Crippen LogP contribution in [0.2, 0.25) is 0 Å². The van der Waals surface area contributed by atoms with E-state index in [1.807, 2.05) is 27.7 Å². The Balaban J connectivity index is 5.01. The second-order valence-corrected chi connectivity index (χ2v) is 10.6. The molecule has 0 unspecified atom stereocenters. The number of carbonyl (C=O) groups is 2. The van der Waals surface area contributed by atoms with E-state index in [0.717, 1.165) is 36.8 Å². The van der Waals surface area contributed by atoms with Crippen LogP contribution < -0.4 is 0 Å². The Kier molecular flexibility index (Phi) is 5.83. The first-order valence-corrected chi connectivity index (χ1v) is 8.92. The number of carboxylic acids is 1. The topological polar surface area (TPSA) is 63.6 Å². The number of carbonyl (C=O) groups excluding carboxylic acids is 1. The van der Waals surface area contributed by atoms with Crippen molar-refractivity contribution in [2.45, 2.75) is 27.7 Å². The molecule has 0 fully saturated rings. The summed E-state index contributed by atoms with van der Waals surface area (Å²) in [6.45, 7) is 5.73. The van der Waals surface area contributed by atoms with Crippen LogP contribution in [0.15, 0.2) is 12.2 Å². The van der Waals surface area contributed by atoms with E-state index in [1.165, 1.54) is 0 Å². The molecule has 0 atom stereocenters. The van der Waals surface area contributed by atoms with Crippen LogP contribution in [0.1, 0.15) is 27.7 Å². The van der Waals surface area contributed by atoms with Crippen LogP contribution in [0.25, 0.3) is 0 Å². The van der Waals surface area contributed by atoms with Gasteiger partial charge in [-0.2, -0.15) is 0 Å². The molecule has 0 rings (SSSR count). The average Bonchev–Trinajstić information content (AvgIpc) is 2.34. The van der Waals surface area contributed by atoms with Crippen LogP contribution in [0.3, 0.4) is 0 Å². The fourth-order valence-corrected chi connectivity index (χ4v) is 5.79. The minimum atomic E-state index is -2.44. The molecule has 4 nitrogen and oxygen atoms in total. The summed E-state index contributed by atoms with van der Waals surface area (Å²) < 4.78 is 5.71.